The van der Waals surface area contributed by atoms with Crippen molar-refractivity contribution in [1.82, 2.24) is 5.32 Å². The third-order valence-electron chi connectivity index (χ3n) is 5.95. The molecule has 146 valence electrons. The summed E-state index contributed by atoms with van der Waals surface area (Å²) in [6.45, 7) is 1.16. The smallest absolute Gasteiger partial charge is 0.237 e. The van der Waals surface area contributed by atoms with Crippen LogP contribution < -0.4 is 15.4 Å². The maximum Gasteiger partial charge on any atom is 0.237 e. The average molecular weight is 388 g/mol. The fraction of sp³-hybridized carbons (Fsp3) is 0.208. The minimum Gasteiger partial charge on any atom is -0.489 e. The van der Waals surface area contributed by atoms with Crippen molar-refractivity contribution in [2.24, 2.45) is 0 Å². The molecule has 3 aromatic rings. The van der Waals surface area contributed by atoms with Gasteiger partial charge in [-0.05, 0) is 60.0 Å². The van der Waals surface area contributed by atoms with Crippen LogP contribution in [0.5, 0.6) is 5.75 Å². The molecule has 0 radical (unpaired) electrons. The average Bonchev–Trinajstić information content (AvgIpc) is 3.31. The van der Waals surface area contributed by atoms with Crippen LogP contribution in [0.15, 0.2) is 72.8 Å². The van der Waals surface area contributed by atoms with Crippen LogP contribution in [-0.2, 0) is 16.8 Å². The number of benzene rings is 3. The maximum atomic E-state index is 13.0. The lowest BCUT2D eigenvalue weighted by molar-refractivity contribution is -0.121. The lowest BCUT2D eigenvalue weighted by atomic mass is 9.73. The van der Waals surface area contributed by atoms with E-state index in [0.717, 1.165) is 41.1 Å². The third kappa shape index (κ3) is 2.98. The molecular weight excluding hydrogens is 367 g/mol. The molecule has 29 heavy (non-hydrogen) atoms. The van der Waals surface area contributed by atoms with Gasteiger partial charge in [-0.25, -0.2) is 4.39 Å². The van der Waals surface area contributed by atoms with Gasteiger partial charge < -0.3 is 15.4 Å². The highest BCUT2D eigenvalue weighted by atomic mass is 19.1. The SMILES string of the molecule is O=C1Nc2ccccc2[C@]12CCN[C@@H]2c1ccc(OCc2ccc(F)cc2)cc1. The molecule has 5 rings (SSSR count). The minimum atomic E-state index is -0.576. The molecule has 0 aliphatic carbocycles. The van der Waals surface area contributed by atoms with Gasteiger partial charge in [0.1, 0.15) is 18.2 Å². The van der Waals surface area contributed by atoms with E-state index in [1.54, 1.807) is 12.1 Å². The molecule has 2 aliphatic heterocycles. The van der Waals surface area contributed by atoms with Crippen molar-refractivity contribution < 1.29 is 13.9 Å². The lowest BCUT2D eigenvalue weighted by Gasteiger charge is -2.29. The molecule has 1 saturated heterocycles. The number of ether oxygens (including phenoxy) is 1. The van der Waals surface area contributed by atoms with Crippen LogP contribution >= 0.6 is 0 Å². The van der Waals surface area contributed by atoms with E-state index in [1.807, 2.05) is 48.5 Å². The molecule has 1 spiro atoms. The van der Waals surface area contributed by atoms with E-state index in [0.29, 0.717) is 6.61 Å². The fourth-order valence-electron chi connectivity index (χ4n) is 4.51. The van der Waals surface area contributed by atoms with Crippen LogP contribution in [0, 0.1) is 5.82 Å². The van der Waals surface area contributed by atoms with Crippen molar-refractivity contribution in [2.75, 3.05) is 11.9 Å². The Hall–Kier alpha value is -3.18. The predicted molar refractivity (Wildman–Crippen MR) is 109 cm³/mol. The highest BCUT2D eigenvalue weighted by Crippen LogP contribution is 2.50. The van der Waals surface area contributed by atoms with E-state index in [4.69, 9.17) is 4.74 Å². The molecule has 2 atom stereocenters. The topological polar surface area (TPSA) is 50.4 Å². The monoisotopic (exact) mass is 388 g/mol. The van der Waals surface area contributed by atoms with Crippen molar-refractivity contribution in [3.63, 3.8) is 0 Å². The number of anilines is 1. The molecule has 1 amide bonds. The van der Waals surface area contributed by atoms with Gasteiger partial charge >= 0.3 is 0 Å². The van der Waals surface area contributed by atoms with Crippen molar-refractivity contribution >= 4 is 11.6 Å². The summed E-state index contributed by atoms with van der Waals surface area (Å²) in [5, 5.41) is 6.58. The van der Waals surface area contributed by atoms with Gasteiger partial charge in [-0.3, -0.25) is 4.79 Å². The summed E-state index contributed by atoms with van der Waals surface area (Å²) in [4.78, 5) is 13.0. The number of para-hydroxylation sites is 1. The minimum absolute atomic E-state index is 0.0605. The number of amides is 1. The second-order valence-corrected chi connectivity index (χ2v) is 7.59. The van der Waals surface area contributed by atoms with E-state index in [2.05, 4.69) is 10.6 Å². The highest BCUT2D eigenvalue weighted by Gasteiger charge is 2.55. The van der Waals surface area contributed by atoms with Gasteiger partial charge in [0.05, 0.1) is 11.5 Å². The van der Waals surface area contributed by atoms with Crippen molar-refractivity contribution in [1.29, 1.82) is 0 Å². The Morgan fingerprint density at radius 2 is 1.76 bits per heavy atom. The Morgan fingerprint density at radius 3 is 2.55 bits per heavy atom. The Kier molecular flexibility index (Phi) is 4.32. The van der Waals surface area contributed by atoms with Crippen molar-refractivity contribution in [2.45, 2.75) is 24.5 Å². The maximum absolute atomic E-state index is 13.0. The summed E-state index contributed by atoms with van der Waals surface area (Å²) in [6.07, 6.45) is 0.767. The normalized spacial score (nSPS) is 22.5. The first-order valence-electron chi connectivity index (χ1n) is 9.78. The molecule has 2 N–H and O–H groups in total. The molecule has 0 bridgehead atoms. The first-order valence-corrected chi connectivity index (χ1v) is 9.78. The van der Waals surface area contributed by atoms with E-state index >= 15 is 0 Å². The van der Waals surface area contributed by atoms with Gasteiger partial charge in [-0.2, -0.15) is 0 Å². The second-order valence-electron chi connectivity index (χ2n) is 7.59. The van der Waals surface area contributed by atoms with Gasteiger partial charge in [0, 0.05) is 5.69 Å². The fourth-order valence-corrected chi connectivity index (χ4v) is 4.51. The molecule has 5 heteroatoms. The Morgan fingerprint density at radius 1 is 1.00 bits per heavy atom. The molecule has 0 aromatic heterocycles. The second kappa shape index (κ2) is 7.01. The predicted octanol–water partition coefficient (Wildman–Crippen LogP) is 4.33. The van der Waals surface area contributed by atoms with Crippen molar-refractivity contribution in [3.8, 4) is 5.75 Å². The highest BCUT2D eigenvalue weighted by molar-refractivity contribution is 6.07. The van der Waals surface area contributed by atoms with Crippen LogP contribution in [0.25, 0.3) is 0 Å². The van der Waals surface area contributed by atoms with Gasteiger partial charge in [-0.1, -0.05) is 42.5 Å². The zero-order chi connectivity index (χ0) is 19.8. The quantitative estimate of drug-likeness (QED) is 0.700. The lowest BCUT2D eigenvalue weighted by Crippen LogP contribution is -2.39. The number of hydrogen-bond acceptors (Lipinski definition) is 3. The summed E-state index contributed by atoms with van der Waals surface area (Å²) in [5.41, 5.74) is 3.37. The molecule has 3 aromatic carbocycles. The third-order valence-corrected chi connectivity index (χ3v) is 5.95. The first kappa shape index (κ1) is 17.9. The number of halogens is 1. The Bertz CT molecular complexity index is 1050. The number of fused-ring (bicyclic) bond motifs is 2. The number of carbonyl (C=O) groups excluding carboxylic acids is 1. The molecule has 0 unspecified atom stereocenters. The molecule has 0 saturated carbocycles. The number of hydrogen-bond donors (Lipinski definition) is 2. The van der Waals surface area contributed by atoms with E-state index in [-0.39, 0.29) is 17.8 Å². The summed E-state index contributed by atoms with van der Waals surface area (Å²) >= 11 is 0. The largest absolute Gasteiger partial charge is 0.489 e. The summed E-state index contributed by atoms with van der Waals surface area (Å²) < 4.78 is 18.8. The van der Waals surface area contributed by atoms with Gasteiger partial charge in [0.15, 0.2) is 0 Å². The van der Waals surface area contributed by atoms with Crippen LogP contribution in [-0.4, -0.2) is 12.5 Å². The molecule has 4 nitrogen and oxygen atoms in total. The number of carbonyl (C=O) groups is 1. The molecular formula is C24H21FN2O2. The van der Waals surface area contributed by atoms with Crippen LogP contribution in [0.1, 0.15) is 29.2 Å². The number of nitrogens with one attached hydrogen (secondary N) is 2. The first-order chi connectivity index (χ1) is 14.2. The Balaban J connectivity index is 1.37. The zero-order valence-electron chi connectivity index (χ0n) is 15.8. The number of rotatable bonds is 4. The van der Waals surface area contributed by atoms with Gasteiger partial charge in [0.25, 0.3) is 0 Å². The van der Waals surface area contributed by atoms with E-state index in [1.165, 1.54) is 12.1 Å². The van der Waals surface area contributed by atoms with Crippen LogP contribution in [0.2, 0.25) is 0 Å². The standard InChI is InChI=1S/C24H21FN2O2/c25-18-9-5-16(6-10-18)15-29-19-11-7-17(8-12-19)22-24(13-14-26-22)20-3-1-2-4-21(20)27-23(24)28/h1-12,22,26H,13-15H2,(H,27,28)/t22-,24+/m1/s1. The van der Waals surface area contributed by atoms with Crippen LogP contribution in [0.4, 0.5) is 10.1 Å². The molecule has 1 fully saturated rings. The van der Waals surface area contributed by atoms with E-state index < -0.39 is 5.41 Å². The Labute approximate surface area is 168 Å². The summed E-state index contributed by atoms with van der Waals surface area (Å²) in [6, 6.07) is 22.0. The van der Waals surface area contributed by atoms with Gasteiger partial charge in [0.2, 0.25) is 5.91 Å². The molecule has 2 heterocycles. The summed E-state index contributed by atoms with van der Waals surface area (Å²) in [7, 11) is 0. The molecule has 2 aliphatic rings. The van der Waals surface area contributed by atoms with Crippen molar-refractivity contribution in [3.05, 3.63) is 95.3 Å². The van der Waals surface area contributed by atoms with Crippen LogP contribution in [0.3, 0.4) is 0 Å². The van der Waals surface area contributed by atoms with Gasteiger partial charge in [-0.15, -0.1) is 0 Å². The van der Waals surface area contributed by atoms with E-state index in [9.17, 15) is 9.18 Å². The summed E-state index contributed by atoms with van der Waals surface area (Å²) in [5.74, 6) is 0.542. The zero-order valence-corrected chi connectivity index (χ0v) is 15.8.